The largest absolute Gasteiger partial charge is 0.207 e. The predicted molar refractivity (Wildman–Crippen MR) is 235 cm³/mol. The van der Waals surface area contributed by atoms with Gasteiger partial charge in [0.25, 0.3) is 0 Å². The zero-order valence-corrected chi connectivity index (χ0v) is 36.2. The quantitative estimate of drug-likeness (QED) is 0.136. The van der Waals surface area contributed by atoms with Crippen LogP contribution in [-0.4, -0.2) is 0 Å². The van der Waals surface area contributed by atoms with E-state index < -0.39 is 0 Å². The van der Waals surface area contributed by atoms with Gasteiger partial charge in [-0.25, -0.2) is 4.39 Å². The van der Waals surface area contributed by atoms with Crippen LogP contribution in [0.25, 0.3) is 16.7 Å². The third-order valence-corrected chi connectivity index (χ3v) is 7.52. The molecule has 0 aliphatic rings. The van der Waals surface area contributed by atoms with Crippen molar-refractivity contribution in [1.29, 1.82) is 5.26 Å². The van der Waals surface area contributed by atoms with E-state index in [1.165, 1.54) is 61.3 Å². The average molecular weight is 712 g/mol. The maximum absolute atomic E-state index is 12.5. The molecule has 0 N–H and O–H groups in total. The van der Waals surface area contributed by atoms with Gasteiger partial charge in [-0.15, -0.1) is 6.58 Å². The summed E-state index contributed by atoms with van der Waals surface area (Å²) in [6.07, 6.45) is 11.2. The number of hydrogen-bond donors (Lipinski definition) is 0. The highest BCUT2D eigenvalue weighted by atomic mass is 19.1. The van der Waals surface area contributed by atoms with E-state index in [-0.39, 0.29) is 5.82 Å². The van der Waals surface area contributed by atoms with Crippen molar-refractivity contribution in [3.63, 3.8) is 0 Å². The van der Waals surface area contributed by atoms with Gasteiger partial charge >= 0.3 is 0 Å². The fourth-order valence-corrected chi connectivity index (χ4v) is 4.48. The standard InChI is InChI=1S/C17H15N.C11H20.C9H11F.C6H14.C5H12.C2H6/c1-12(2)14-8-9-16(13(3)10-14)17-7-5-4-6-15(17)11-18;1-9(2)7-6-8-11(5)10(3)4;1-2-4-8-5-3-6-9(10)7-8;1-3-5-6-4-2;1-5(2,3)4;1-2/h4-10H,1H2,2-3H3;11H,1,3,6-8H2,2,4-5H3;3,5-7H,2,4H2,1H3;3-6H2,1-2H3;1-4H3;1-2H3. The molecule has 3 aromatic rings. The third kappa shape index (κ3) is 30.0. The Hall–Kier alpha value is -3.70. The van der Waals surface area contributed by atoms with Crippen molar-refractivity contribution >= 4 is 5.57 Å². The van der Waals surface area contributed by atoms with Crippen LogP contribution in [0.5, 0.6) is 0 Å². The number of unbranched alkanes of at least 4 members (excludes halogenated alkanes) is 3. The molecule has 1 nitrogen and oxygen atoms in total. The highest BCUT2D eigenvalue weighted by Gasteiger charge is 2.07. The molecule has 0 spiro atoms. The lowest BCUT2D eigenvalue weighted by Crippen LogP contribution is -1.94. The minimum Gasteiger partial charge on any atom is -0.207 e. The maximum atomic E-state index is 12.5. The maximum Gasteiger partial charge on any atom is 0.123 e. The summed E-state index contributed by atoms with van der Waals surface area (Å²) in [5.41, 5.74) is 10.3. The molecule has 1 unspecified atom stereocenters. The topological polar surface area (TPSA) is 23.8 Å². The van der Waals surface area contributed by atoms with Gasteiger partial charge in [-0.1, -0.05) is 180 Å². The average Bonchev–Trinajstić information content (AvgIpc) is 3.08. The predicted octanol–water partition coefficient (Wildman–Crippen LogP) is 17.0. The number of benzene rings is 3. The van der Waals surface area contributed by atoms with Crippen LogP contribution in [0.4, 0.5) is 4.39 Å². The van der Waals surface area contributed by atoms with Gasteiger partial charge in [0, 0.05) is 0 Å². The molecule has 0 aromatic heterocycles. The third-order valence-electron chi connectivity index (χ3n) is 7.52. The molecular formula is C50H78FN. The van der Waals surface area contributed by atoms with Gasteiger partial charge < -0.3 is 0 Å². The highest BCUT2D eigenvalue weighted by Crippen LogP contribution is 2.28. The van der Waals surface area contributed by atoms with Crippen LogP contribution in [0, 0.1) is 35.4 Å². The van der Waals surface area contributed by atoms with Crippen LogP contribution in [-0.2, 0) is 6.42 Å². The summed E-state index contributed by atoms with van der Waals surface area (Å²) in [5.74, 6) is 0.542. The summed E-state index contributed by atoms with van der Waals surface area (Å²) >= 11 is 0. The van der Waals surface area contributed by atoms with E-state index in [4.69, 9.17) is 5.26 Å². The van der Waals surface area contributed by atoms with Gasteiger partial charge in [-0.05, 0) is 111 Å². The minimum atomic E-state index is -0.133. The molecule has 3 aromatic carbocycles. The number of rotatable bonds is 12. The van der Waals surface area contributed by atoms with Crippen LogP contribution in [0.3, 0.4) is 0 Å². The summed E-state index contributed by atoms with van der Waals surface area (Å²) in [4.78, 5) is 0. The van der Waals surface area contributed by atoms with E-state index in [1.54, 1.807) is 12.1 Å². The molecule has 290 valence electrons. The van der Waals surface area contributed by atoms with Gasteiger partial charge in [-0.3, -0.25) is 0 Å². The van der Waals surface area contributed by atoms with Gasteiger partial charge in [-0.2, -0.15) is 5.26 Å². The van der Waals surface area contributed by atoms with Gasteiger partial charge in [0.15, 0.2) is 0 Å². The number of nitriles is 1. The van der Waals surface area contributed by atoms with Crippen molar-refractivity contribution in [2.24, 2.45) is 11.3 Å². The highest BCUT2D eigenvalue weighted by molar-refractivity contribution is 5.75. The van der Waals surface area contributed by atoms with E-state index in [0.29, 0.717) is 16.9 Å². The number of nitrogens with zero attached hydrogens (tertiary/aromatic N) is 1. The Balaban J connectivity index is -0.000000615. The first kappa shape index (κ1) is 52.7. The Morgan fingerprint density at radius 3 is 1.75 bits per heavy atom. The summed E-state index contributed by atoms with van der Waals surface area (Å²) in [7, 11) is 0. The zero-order chi connectivity index (χ0) is 40.7. The van der Waals surface area contributed by atoms with Crippen molar-refractivity contribution in [2.75, 3.05) is 0 Å². The molecule has 0 radical (unpaired) electrons. The van der Waals surface area contributed by atoms with Crippen molar-refractivity contribution in [1.82, 2.24) is 0 Å². The summed E-state index contributed by atoms with van der Waals surface area (Å²) in [6.45, 7) is 41.5. The van der Waals surface area contributed by atoms with E-state index >= 15 is 0 Å². The molecule has 0 aliphatic heterocycles. The molecule has 0 saturated carbocycles. The number of halogens is 1. The molecule has 2 heteroatoms. The molecule has 0 bridgehead atoms. The lowest BCUT2D eigenvalue weighted by atomic mass is 9.94. The minimum absolute atomic E-state index is 0.133. The van der Waals surface area contributed by atoms with Gasteiger partial charge in [0.05, 0.1) is 11.6 Å². The lowest BCUT2D eigenvalue weighted by Gasteiger charge is -2.10. The second-order valence-electron chi connectivity index (χ2n) is 15.2. The Bertz CT molecular complexity index is 1420. The summed E-state index contributed by atoms with van der Waals surface area (Å²) < 4.78 is 12.5. The smallest absolute Gasteiger partial charge is 0.123 e. The first-order valence-corrected chi connectivity index (χ1v) is 19.7. The second-order valence-corrected chi connectivity index (χ2v) is 15.2. The lowest BCUT2D eigenvalue weighted by molar-refractivity contribution is 0.469. The molecule has 0 fully saturated rings. The number of hydrogen-bond acceptors (Lipinski definition) is 1. The van der Waals surface area contributed by atoms with E-state index in [9.17, 15) is 4.39 Å². The Morgan fingerprint density at radius 1 is 0.769 bits per heavy atom. The molecule has 52 heavy (non-hydrogen) atoms. The van der Waals surface area contributed by atoms with E-state index in [2.05, 4.69) is 120 Å². The number of allylic oxidation sites excluding steroid dienone is 3. The molecular weight excluding hydrogens is 634 g/mol. The van der Waals surface area contributed by atoms with Crippen molar-refractivity contribution in [2.45, 2.75) is 155 Å². The van der Waals surface area contributed by atoms with E-state index in [0.717, 1.165) is 47.1 Å². The van der Waals surface area contributed by atoms with Gasteiger partial charge in [0.2, 0.25) is 0 Å². The molecule has 1 atom stereocenters. The first-order valence-electron chi connectivity index (χ1n) is 19.7. The molecule has 0 amide bonds. The summed E-state index contributed by atoms with van der Waals surface area (Å²) in [5, 5.41) is 9.15. The first-order chi connectivity index (χ1) is 24.4. The van der Waals surface area contributed by atoms with Crippen LogP contribution in [0.15, 0.2) is 97.6 Å². The summed E-state index contributed by atoms with van der Waals surface area (Å²) in [6, 6.07) is 22.9. The van der Waals surface area contributed by atoms with Crippen molar-refractivity contribution < 1.29 is 4.39 Å². The molecule has 0 saturated heterocycles. The van der Waals surface area contributed by atoms with Crippen molar-refractivity contribution in [3.05, 3.63) is 126 Å². The molecule has 3 rings (SSSR count). The normalized spacial score (nSPS) is 10.3. The van der Waals surface area contributed by atoms with Crippen LogP contribution < -0.4 is 0 Å². The molecule has 0 heterocycles. The molecule has 0 aliphatic carbocycles. The van der Waals surface area contributed by atoms with E-state index in [1.807, 2.05) is 51.1 Å². The van der Waals surface area contributed by atoms with Gasteiger partial charge in [0.1, 0.15) is 5.82 Å². The Kier molecular flexibility index (Phi) is 32.4. The van der Waals surface area contributed by atoms with Crippen LogP contribution >= 0.6 is 0 Å². The second kappa shape index (κ2) is 32.0. The Morgan fingerprint density at radius 2 is 1.33 bits per heavy atom. The Labute approximate surface area is 323 Å². The fraction of sp³-hybridized carbons (Fsp3) is 0.500. The van der Waals surface area contributed by atoms with Crippen LogP contribution in [0.1, 0.15) is 164 Å². The van der Waals surface area contributed by atoms with Crippen LogP contribution in [0.2, 0.25) is 0 Å². The van der Waals surface area contributed by atoms with Crippen molar-refractivity contribution in [3.8, 4) is 17.2 Å². The zero-order valence-electron chi connectivity index (χ0n) is 36.2. The number of aryl methyl sites for hydroxylation is 2. The fourth-order valence-electron chi connectivity index (χ4n) is 4.48. The SMILES string of the molecule is C=C(C)CCCC(C)C(=C)C.C=C(C)c1ccc(-c2ccccc2C#N)c(C)c1.CC.CC(C)(C)C.CCCCCC.CCCc1cccc(F)c1. The monoisotopic (exact) mass is 712 g/mol.